The quantitative estimate of drug-likeness (QED) is 0.724. The predicted molar refractivity (Wildman–Crippen MR) is 68.4 cm³/mol. The molecule has 0 radical (unpaired) electrons. The van der Waals surface area contributed by atoms with E-state index in [9.17, 15) is 0 Å². The van der Waals surface area contributed by atoms with Crippen LogP contribution in [0.4, 0.5) is 0 Å². The number of hydrogen-bond donors (Lipinski definition) is 2. The SMILES string of the molecule is C1CN(CC2CNC2)CCN1.CC.CC. The molecule has 2 heterocycles. The van der Waals surface area contributed by atoms with Crippen LogP contribution < -0.4 is 10.6 Å². The molecule has 2 fully saturated rings. The number of nitrogens with zero attached hydrogens (tertiary/aromatic N) is 1. The van der Waals surface area contributed by atoms with E-state index in [1.807, 2.05) is 27.7 Å². The lowest BCUT2D eigenvalue weighted by Crippen LogP contribution is -2.52. The van der Waals surface area contributed by atoms with E-state index in [1.54, 1.807) is 0 Å². The fraction of sp³-hybridized carbons (Fsp3) is 1.00. The third-order valence-electron chi connectivity index (χ3n) is 2.59. The fourth-order valence-corrected chi connectivity index (χ4v) is 1.74. The summed E-state index contributed by atoms with van der Waals surface area (Å²) in [5, 5.41) is 6.68. The second-order valence-electron chi connectivity index (χ2n) is 3.57. The first-order valence-electron chi connectivity index (χ1n) is 6.59. The number of nitrogens with one attached hydrogen (secondary N) is 2. The molecule has 15 heavy (non-hydrogen) atoms. The third-order valence-corrected chi connectivity index (χ3v) is 2.59. The van der Waals surface area contributed by atoms with Crippen LogP contribution in [0.2, 0.25) is 0 Å². The molecule has 2 aliphatic rings. The van der Waals surface area contributed by atoms with Gasteiger partial charge in [-0.2, -0.15) is 0 Å². The van der Waals surface area contributed by atoms with Gasteiger partial charge in [0.15, 0.2) is 0 Å². The Balaban J connectivity index is 0.000000442. The second kappa shape index (κ2) is 10.4. The Labute approximate surface area is 95.6 Å². The molecule has 0 aromatic heterocycles. The Morgan fingerprint density at radius 2 is 1.47 bits per heavy atom. The molecule has 0 aromatic carbocycles. The maximum absolute atomic E-state index is 3.37. The summed E-state index contributed by atoms with van der Waals surface area (Å²) in [6, 6.07) is 0. The van der Waals surface area contributed by atoms with Gasteiger partial charge < -0.3 is 15.5 Å². The van der Waals surface area contributed by atoms with Crippen LogP contribution in [-0.4, -0.2) is 50.7 Å². The van der Waals surface area contributed by atoms with Gasteiger partial charge >= 0.3 is 0 Å². The monoisotopic (exact) mass is 215 g/mol. The van der Waals surface area contributed by atoms with Crippen molar-refractivity contribution in [1.82, 2.24) is 15.5 Å². The van der Waals surface area contributed by atoms with Crippen LogP contribution in [0.1, 0.15) is 27.7 Å². The van der Waals surface area contributed by atoms with E-state index in [2.05, 4.69) is 15.5 Å². The molecule has 0 amide bonds. The van der Waals surface area contributed by atoms with Gasteiger partial charge in [-0.15, -0.1) is 0 Å². The summed E-state index contributed by atoms with van der Waals surface area (Å²) in [6.07, 6.45) is 0. The molecule has 3 heteroatoms. The van der Waals surface area contributed by atoms with Crippen molar-refractivity contribution in [1.29, 1.82) is 0 Å². The normalized spacial score (nSPS) is 21.6. The lowest BCUT2D eigenvalue weighted by Gasteiger charge is -2.35. The smallest absolute Gasteiger partial charge is 0.0108 e. The lowest BCUT2D eigenvalue weighted by atomic mass is 10.0. The summed E-state index contributed by atoms with van der Waals surface area (Å²) in [6.45, 7) is 16.6. The summed E-state index contributed by atoms with van der Waals surface area (Å²) >= 11 is 0. The van der Waals surface area contributed by atoms with Gasteiger partial charge in [-0.05, 0) is 5.92 Å². The molecular weight excluding hydrogens is 186 g/mol. The van der Waals surface area contributed by atoms with Gasteiger partial charge in [-0.3, -0.25) is 0 Å². The molecule has 3 nitrogen and oxygen atoms in total. The summed E-state index contributed by atoms with van der Waals surface area (Å²) in [7, 11) is 0. The second-order valence-corrected chi connectivity index (χ2v) is 3.57. The molecule has 0 atom stereocenters. The van der Waals surface area contributed by atoms with Gasteiger partial charge in [0.05, 0.1) is 0 Å². The number of piperazine rings is 1. The summed E-state index contributed by atoms with van der Waals surface area (Å²) < 4.78 is 0. The molecule has 92 valence electrons. The van der Waals surface area contributed by atoms with Gasteiger partial charge in [0.1, 0.15) is 0 Å². The van der Waals surface area contributed by atoms with Crippen molar-refractivity contribution in [2.45, 2.75) is 27.7 Å². The van der Waals surface area contributed by atoms with E-state index in [1.165, 1.54) is 45.8 Å². The first-order valence-corrected chi connectivity index (χ1v) is 6.59. The summed E-state index contributed by atoms with van der Waals surface area (Å²) in [5.41, 5.74) is 0. The highest BCUT2D eigenvalue weighted by molar-refractivity contribution is 4.79. The average molecular weight is 215 g/mol. The van der Waals surface area contributed by atoms with Crippen LogP contribution >= 0.6 is 0 Å². The van der Waals surface area contributed by atoms with Crippen LogP contribution in [0.5, 0.6) is 0 Å². The van der Waals surface area contributed by atoms with Crippen molar-refractivity contribution < 1.29 is 0 Å². The zero-order chi connectivity index (χ0) is 11.5. The molecular formula is C12H29N3. The van der Waals surface area contributed by atoms with E-state index >= 15 is 0 Å². The molecule has 0 spiro atoms. The summed E-state index contributed by atoms with van der Waals surface area (Å²) in [5.74, 6) is 0.938. The van der Waals surface area contributed by atoms with Crippen molar-refractivity contribution in [2.24, 2.45) is 5.92 Å². The Bertz CT molecular complexity index is 118. The molecule has 0 aliphatic carbocycles. The van der Waals surface area contributed by atoms with Gasteiger partial charge in [0.25, 0.3) is 0 Å². The Kier molecular flexibility index (Phi) is 10.3. The van der Waals surface area contributed by atoms with Crippen molar-refractivity contribution in [2.75, 3.05) is 45.8 Å². The maximum Gasteiger partial charge on any atom is 0.0108 e. The van der Waals surface area contributed by atoms with Crippen LogP contribution in [-0.2, 0) is 0 Å². The zero-order valence-electron chi connectivity index (χ0n) is 11.0. The molecule has 2 saturated heterocycles. The molecule has 2 aliphatic heterocycles. The van der Waals surface area contributed by atoms with E-state index < -0.39 is 0 Å². The molecule has 0 unspecified atom stereocenters. The lowest BCUT2D eigenvalue weighted by molar-refractivity contribution is 0.175. The molecule has 2 rings (SSSR count). The van der Waals surface area contributed by atoms with E-state index in [4.69, 9.17) is 0 Å². The average Bonchev–Trinajstić information content (AvgIpc) is 2.31. The Morgan fingerprint density at radius 3 is 1.87 bits per heavy atom. The van der Waals surface area contributed by atoms with Crippen molar-refractivity contribution in [3.63, 3.8) is 0 Å². The van der Waals surface area contributed by atoms with Crippen molar-refractivity contribution >= 4 is 0 Å². The summed E-state index contributed by atoms with van der Waals surface area (Å²) in [4.78, 5) is 2.57. The number of hydrogen-bond acceptors (Lipinski definition) is 3. The number of rotatable bonds is 2. The largest absolute Gasteiger partial charge is 0.316 e. The van der Waals surface area contributed by atoms with Crippen molar-refractivity contribution in [3.05, 3.63) is 0 Å². The minimum atomic E-state index is 0.938. The van der Waals surface area contributed by atoms with E-state index in [0.29, 0.717) is 0 Å². The van der Waals surface area contributed by atoms with E-state index in [0.717, 1.165) is 5.92 Å². The van der Waals surface area contributed by atoms with Gasteiger partial charge in [0.2, 0.25) is 0 Å². The standard InChI is InChI=1S/C8H17N3.2C2H6/c1-3-11(4-2-9-1)7-8-5-10-6-8;2*1-2/h8-10H,1-7H2;2*1-2H3. The van der Waals surface area contributed by atoms with Crippen LogP contribution in [0.25, 0.3) is 0 Å². The molecule has 0 bridgehead atoms. The van der Waals surface area contributed by atoms with Gasteiger partial charge in [0, 0.05) is 45.8 Å². The highest BCUT2D eigenvalue weighted by atomic mass is 15.2. The van der Waals surface area contributed by atoms with Gasteiger partial charge in [-0.25, -0.2) is 0 Å². The zero-order valence-corrected chi connectivity index (χ0v) is 11.0. The maximum atomic E-state index is 3.37. The highest BCUT2D eigenvalue weighted by Crippen LogP contribution is 2.05. The first-order chi connectivity index (χ1) is 7.45. The molecule has 0 saturated carbocycles. The minimum Gasteiger partial charge on any atom is -0.316 e. The van der Waals surface area contributed by atoms with Crippen molar-refractivity contribution in [3.8, 4) is 0 Å². The van der Waals surface area contributed by atoms with E-state index in [-0.39, 0.29) is 0 Å². The van der Waals surface area contributed by atoms with Crippen LogP contribution in [0.3, 0.4) is 0 Å². The highest BCUT2D eigenvalue weighted by Gasteiger charge is 2.20. The fourth-order valence-electron chi connectivity index (χ4n) is 1.74. The Hall–Kier alpha value is -0.120. The van der Waals surface area contributed by atoms with Crippen LogP contribution in [0, 0.1) is 5.92 Å². The van der Waals surface area contributed by atoms with Gasteiger partial charge in [-0.1, -0.05) is 27.7 Å². The topological polar surface area (TPSA) is 27.3 Å². The molecule has 0 aromatic rings. The Morgan fingerprint density at radius 1 is 0.933 bits per heavy atom. The molecule has 2 N–H and O–H groups in total. The van der Waals surface area contributed by atoms with Crippen LogP contribution in [0.15, 0.2) is 0 Å². The first kappa shape index (κ1) is 14.9. The minimum absolute atomic E-state index is 0.938. The third kappa shape index (κ3) is 6.13. The predicted octanol–water partition coefficient (Wildman–Crippen LogP) is 1.16.